The van der Waals surface area contributed by atoms with E-state index in [0.717, 1.165) is 6.54 Å². The number of aliphatic hydroxyl groups excluding tert-OH is 1. The lowest BCUT2D eigenvalue weighted by molar-refractivity contribution is -0.133. The molecule has 0 aromatic rings. The van der Waals surface area contributed by atoms with Gasteiger partial charge in [0, 0.05) is 0 Å². The van der Waals surface area contributed by atoms with Gasteiger partial charge in [-0.1, -0.05) is 20.3 Å². The summed E-state index contributed by atoms with van der Waals surface area (Å²) in [5.41, 5.74) is 10.5. The molecule has 0 saturated heterocycles. The van der Waals surface area contributed by atoms with E-state index in [4.69, 9.17) is 11.5 Å². The Morgan fingerprint density at radius 2 is 0.764 bits per heavy atom. The maximum absolute atomic E-state index is 13.0. The van der Waals surface area contributed by atoms with Gasteiger partial charge in [0.1, 0.15) is 103 Å². The largest absolute Gasteiger partial charge is 0.391 e. The molecule has 0 aromatic carbocycles. The molecule has 0 saturated carbocycles. The second-order valence-corrected chi connectivity index (χ2v) is 18.2. The maximum Gasteiger partial charge on any atom is 0.246 e. The minimum atomic E-state index is -1.74. The van der Waals surface area contributed by atoms with Crippen LogP contribution < -0.4 is 107 Å². The van der Waals surface area contributed by atoms with Crippen molar-refractivity contribution in [2.24, 2.45) is 17.4 Å². The van der Waals surface area contributed by atoms with Crippen LogP contribution in [0.4, 0.5) is 0 Å². The van der Waals surface area contributed by atoms with Gasteiger partial charge in [0.25, 0.3) is 0 Å². The average molecular weight is 1280 g/mol. The number of nitrogens with one attached hydrogen (secondary N) is 18. The van der Waals surface area contributed by atoms with E-state index in [0.29, 0.717) is 84.2 Å². The van der Waals surface area contributed by atoms with Crippen molar-refractivity contribution in [2.75, 3.05) is 32.1 Å². The zero-order valence-corrected chi connectivity index (χ0v) is 48.7. The third-order valence-corrected chi connectivity index (χ3v) is 10.8. The lowest BCUT2D eigenvalue weighted by Gasteiger charge is -2.25. The summed E-state index contributed by atoms with van der Waals surface area (Å²) in [5.74, 6) is -19.4. The predicted molar refractivity (Wildman–Crippen MR) is 301 cm³/mol. The molecule has 0 aliphatic heterocycles. The summed E-state index contributed by atoms with van der Waals surface area (Å²) in [7, 11) is 1.44. The van der Waals surface area contributed by atoms with Gasteiger partial charge in [-0.25, -0.2) is 0 Å². The first-order valence-electron chi connectivity index (χ1n) is 25.4. The highest BCUT2D eigenvalue weighted by Gasteiger charge is 2.31. The summed E-state index contributed by atoms with van der Waals surface area (Å²) in [6.07, 6.45) is -0.00151. The Labute approximate surface area is 512 Å². The molecule has 89 heavy (non-hydrogen) atoms. The van der Waals surface area contributed by atoms with Crippen LogP contribution in [0.25, 0.3) is 0 Å². The molecule has 0 bridgehead atoms. The lowest BCUT2D eigenvalue weighted by atomic mass is 9.98. The molecular weight excluding hydrogens is 1210 g/mol. The van der Waals surface area contributed by atoms with Crippen LogP contribution in [0.15, 0.2) is 0 Å². The molecule has 486 valence electrons. The minimum Gasteiger partial charge on any atom is -0.391 e. The van der Waals surface area contributed by atoms with Crippen LogP contribution in [0.1, 0.15) is 40.0 Å². The molecule has 12 radical (unpaired) electrons. The summed E-state index contributed by atoms with van der Waals surface area (Å²) in [5, 5.41) is 47.4. The number of carbonyl (C=O) groups excluding carboxylic acids is 19. The van der Waals surface area contributed by atoms with Crippen molar-refractivity contribution < 1.29 is 96.2 Å². The highest BCUT2D eigenvalue weighted by Crippen LogP contribution is 2.09. The molecular formula is C48H68N20O20S. The molecule has 0 aromatic heterocycles. The Kier molecular flexibility index (Phi) is 39.7. The monoisotopic (exact) mass is 1280 g/mol. The van der Waals surface area contributed by atoms with Crippen LogP contribution >= 0.6 is 11.8 Å². The van der Waals surface area contributed by atoms with Crippen LogP contribution in [0.2, 0.25) is 0 Å². The quantitative estimate of drug-likeness (QED) is 0.0269. The zero-order chi connectivity index (χ0) is 67.6. The fraction of sp³-hybridized carbons (Fsp3) is 0.354. The molecule has 0 aliphatic carbocycles. The Bertz CT molecular complexity index is 2560. The number of nitrogens with two attached hydrogens (primary N) is 2. The maximum atomic E-state index is 13.0. The number of carbonyl (C=O) groups is 19. The summed E-state index contributed by atoms with van der Waals surface area (Å²) in [6.45, 7) is 9.96. The summed E-state index contributed by atoms with van der Waals surface area (Å²) < 4.78 is 0. The van der Waals surface area contributed by atoms with Crippen LogP contribution in [0.5, 0.6) is 0 Å². The molecule has 6 atom stereocenters. The van der Waals surface area contributed by atoms with Crippen molar-refractivity contribution in [1.29, 1.82) is 0 Å². The van der Waals surface area contributed by atoms with Gasteiger partial charge in [-0.05, 0) is 38.3 Å². The summed E-state index contributed by atoms with van der Waals surface area (Å²) in [6, 6.07) is -5.67. The highest BCUT2D eigenvalue weighted by atomic mass is 32.2. The first-order chi connectivity index (χ1) is 41.9. The van der Waals surface area contributed by atoms with Gasteiger partial charge in [0.2, 0.25) is 112 Å². The first-order valence-corrected chi connectivity index (χ1v) is 26.8. The number of amides is 19. The molecule has 0 fully saturated rings. The molecule has 23 N–H and O–H groups in total. The summed E-state index contributed by atoms with van der Waals surface area (Å²) in [4.78, 5) is 231. The van der Waals surface area contributed by atoms with Crippen LogP contribution in [0, 0.1) is 84.5 Å². The average Bonchev–Trinajstić information content (AvgIpc) is 3.49. The number of primary amides is 2. The van der Waals surface area contributed by atoms with Crippen LogP contribution in [-0.2, 0) is 91.1 Å². The second-order valence-electron chi connectivity index (χ2n) is 17.2. The Balaban J connectivity index is 4.70. The molecule has 0 spiro atoms. The second kappa shape index (κ2) is 44.6. The van der Waals surface area contributed by atoms with Gasteiger partial charge in [-0.15, -0.1) is 0 Å². The smallest absolute Gasteiger partial charge is 0.246 e. The zero-order valence-electron chi connectivity index (χ0n) is 47.9. The molecule has 19 amide bonds. The van der Waals surface area contributed by atoms with Gasteiger partial charge in [0.15, 0.2) is 0 Å². The fourth-order valence-corrected chi connectivity index (χ4v) is 6.07. The van der Waals surface area contributed by atoms with Gasteiger partial charge < -0.3 is 112 Å². The Morgan fingerprint density at radius 3 is 1.11 bits per heavy atom. The van der Waals surface area contributed by atoms with Crippen molar-refractivity contribution in [2.45, 2.75) is 70.3 Å². The number of hydrogen-bond donors (Lipinski definition) is 21. The first kappa shape index (κ1) is 79.2. The third kappa shape index (κ3) is 38.8. The van der Waals surface area contributed by atoms with Crippen molar-refractivity contribution in [3.05, 3.63) is 78.5 Å². The fourth-order valence-electron chi connectivity index (χ4n) is 5.60. The van der Waals surface area contributed by atoms with E-state index < -0.39 is 168 Å². The number of aliphatic hydroxyl groups is 1. The van der Waals surface area contributed by atoms with Crippen molar-refractivity contribution in [1.82, 2.24) is 95.7 Å². The lowest BCUT2D eigenvalue weighted by Crippen LogP contribution is -2.57. The van der Waals surface area contributed by atoms with Crippen molar-refractivity contribution in [3.8, 4) is 0 Å². The SMILES string of the molecule is CC[C@H](C)[C@H](NC(=O)CNC(=O)[CH]NC(=O)[CH]NC(=O)[CH]NC(=O)[C@H](CC(N)=O)NC(=O)CNC(=O)[CH]NC(=O)[CH]NC(=O)[CH]NC(=O)[CH]NC(=O)[CH]NC(=O)[CH]NC(=O)[CH]NC(=O)[CH]NC)C(=O)N[CH]C(=O)N[C@H](C(=O)N[C@@H](CCSC)C(N)=O)[C@@H](C)O. The highest BCUT2D eigenvalue weighted by molar-refractivity contribution is 7.98. The van der Waals surface area contributed by atoms with E-state index in [-0.39, 0.29) is 6.42 Å². The van der Waals surface area contributed by atoms with E-state index >= 15 is 0 Å². The number of thioether (sulfide) groups is 1. The van der Waals surface area contributed by atoms with E-state index in [1.54, 1.807) is 20.1 Å². The Hall–Kier alpha value is -9.80. The van der Waals surface area contributed by atoms with Gasteiger partial charge in [-0.3, -0.25) is 91.1 Å². The standard InChI is InChI=1S/C48H68N20O20S/c1-6-24(2)43(47(87)64-23-42(84)68-44(25(3)69)48(88)66-26(45(50)85)7-8-89-5)67-41(83)22-62-38(80)19-59-36(78)17-60-39(81)20-63-46(86)27(9-28(49)70)65-40(82)21-61-37(79)18-58-35(77)16-57-34(76)15-56-33(75)14-55-32(74)13-54-31(73)12-53-30(72)11-52-29(71)10-51-4/h10-20,23-27,43-44,51,69H,6-9,21-22H2,1-5H3,(H2,49,70)(H2,50,85)(H,52,71)(H,53,72)(H,54,73)(H,55,74)(H,56,75)(H,57,76)(H,58,77)(H,59,78)(H,60,81)(H,61,79)(H,62,80)(H,63,86)(H,64,87)(H,65,82)(H,66,88)(H,67,83)(H,68,84)/t24-,25+,26-,27-,43-,44-/m0/s1. The van der Waals surface area contributed by atoms with E-state index in [1.165, 1.54) is 25.7 Å². The van der Waals surface area contributed by atoms with Crippen LogP contribution in [0.3, 0.4) is 0 Å². The summed E-state index contributed by atoms with van der Waals surface area (Å²) >= 11 is 1.39. The molecule has 0 heterocycles. The molecule has 0 unspecified atom stereocenters. The predicted octanol–water partition coefficient (Wildman–Crippen LogP) is -12.9. The topological polar surface area (TPSA) is 613 Å². The van der Waals surface area contributed by atoms with Gasteiger partial charge in [0.05, 0.1) is 25.6 Å². The number of rotatable bonds is 44. The molecule has 40 nitrogen and oxygen atoms in total. The van der Waals surface area contributed by atoms with Crippen molar-refractivity contribution >= 4 is 124 Å². The van der Waals surface area contributed by atoms with E-state index in [2.05, 4.69) is 42.5 Å². The van der Waals surface area contributed by atoms with Gasteiger partial charge in [-0.2, -0.15) is 11.8 Å². The third-order valence-electron chi connectivity index (χ3n) is 10.1. The number of likely N-dealkylation sites (N-methyl/N-ethyl adjacent to an activating group) is 1. The number of hydrogen-bond acceptors (Lipinski definition) is 22. The Morgan fingerprint density at radius 1 is 0.416 bits per heavy atom. The van der Waals surface area contributed by atoms with Crippen LogP contribution in [-0.4, -0.2) is 180 Å². The molecule has 41 heteroatoms. The normalized spacial score (nSPS) is 12.4. The molecule has 0 rings (SSSR count). The van der Waals surface area contributed by atoms with E-state index in [1.807, 2.05) is 53.2 Å². The molecule has 0 aliphatic rings. The van der Waals surface area contributed by atoms with Gasteiger partial charge >= 0.3 is 0 Å². The minimum absolute atomic E-state index is 0.178. The van der Waals surface area contributed by atoms with Crippen molar-refractivity contribution in [3.63, 3.8) is 0 Å². The van der Waals surface area contributed by atoms with E-state index in [9.17, 15) is 96.2 Å².